The topological polar surface area (TPSA) is 115 Å². The second-order valence-corrected chi connectivity index (χ2v) is 9.33. The predicted octanol–water partition coefficient (Wildman–Crippen LogP) is 3.41. The second kappa shape index (κ2) is 8.10. The van der Waals surface area contributed by atoms with Crippen molar-refractivity contribution in [3.8, 4) is 0 Å². The van der Waals surface area contributed by atoms with Crippen LogP contribution in [0.2, 0.25) is 10.0 Å². The van der Waals surface area contributed by atoms with Gasteiger partial charge in [-0.1, -0.05) is 23.2 Å². The summed E-state index contributed by atoms with van der Waals surface area (Å²) in [6.45, 7) is 3.76. The molecule has 4 N–H and O–H groups in total. The van der Waals surface area contributed by atoms with Crippen molar-refractivity contribution < 1.29 is 9.21 Å². The number of oxazole rings is 1. The largest absolute Gasteiger partial charge is 0.421 e. The number of carbonyl (C=O) groups excluding carboxylic acids is 1. The van der Waals surface area contributed by atoms with E-state index < -0.39 is 0 Å². The zero-order valence-electron chi connectivity index (χ0n) is 17.6. The van der Waals surface area contributed by atoms with E-state index in [9.17, 15) is 4.79 Å². The van der Waals surface area contributed by atoms with Crippen molar-refractivity contribution in [1.82, 2.24) is 14.9 Å². The third-order valence-corrected chi connectivity index (χ3v) is 7.12. The second-order valence-electron chi connectivity index (χ2n) is 8.48. The lowest BCUT2D eigenvalue weighted by Gasteiger charge is -2.42. The highest BCUT2D eigenvalue weighted by Gasteiger charge is 2.39. The molecule has 10 heteroatoms. The van der Waals surface area contributed by atoms with Gasteiger partial charge in [-0.2, -0.15) is 4.98 Å². The number of amides is 1. The molecule has 8 nitrogen and oxygen atoms in total. The smallest absolute Gasteiger partial charge is 0.293 e. The van der Waals surface area contributed by atoms with Crippen LogP contribution in [0.3, 0.4) is 0 Å². The van der Waals surface area contributed by atoms with Crippen molar-refractivity contribution in [3.05, 3.63) is 45.7 Å². The van der Waals surface area contributed by atoms with Crippen LogP contribution >= 0.6 is 23.2 Å². The van der Waals surface area contributed by atoms with Crippen LogP contribution in [-0.4, -0.2) is 46.5 Å². The lowest BCUT2D eigenvalue weighted by molar-refractivity contribution is -0.139. The molecule has 3 atom stereocenters. The fourth-order valence-electron chi connectivity index (χ4n) is 4.95. The summed E-state index contributed by atoms with van der Waals surface area (Å²) < 4.78 is 5.60. The molecule has 2 aromatic heterocycles. The molecule has 0 bridgehead atoms. The maximum atomic E-state index is 13.7. The van der Waals surface area contributed by atoms with Gasteiger partial charge >= 0.3 is 0 Å². The molecule has 2 unspecified atom stereocenters. The molecule has 5 rings (SSSR count). The number of rotatable bonds is 2. The highest BCUT2D eigenvalue weighted by atomic mass is 35.5. The number of aromatic nitrogens is 2. The summed E-state index contributed by atoms with van der Waals surface area (Å²) in [7, 11) is 0. The molecule has 3 aromatic rings. The van der Waals surface area contributed by atoms with Gasteiger partial charge in [0, 0.05) is 35.7 Å². The number of halogens is 2. The average Bonchev–Trinajstić information content (AvgIpc) is 3.13. The lowest BCUT2D eigenvalue weighted by atomic mass is 9.88. The number of fused-ring (bicyclic) bond motifs is 2. The Morgan fingerprint density at radius 1 is 1.25 bits per heavy atom. The molecule has 32 heavy (non-hydrogen) atoms. The van der Waals surface area contributed by atoms with Gasteiger partial charge in [0.2, 0.25) is 5.91 Å². The average molecular weight is 475 g/mol. The minimum atomic E-state index is -0.366. The SMILES string of the molecule is C[C@H]1c2c(Cl)cc(Cl)cc2CCN1C(=O)C1CN(c2cncc3nc(N)oc23)CCC1N. The molecule has 2 aliphatic rings. The van der Waals surface area contributed by atoms with E-state index in [4.69, 9.17) is 39.1 Å². The Labute approximate surface area is 195 Å². The van der Waals surface area contributed by atoms with Crippen molar-refractivity contribution in [2.75, 3.05) is 30.3 Å². The summed E-state index contributed by atoms with van der Waals surface area (Å²) in [6, 6.07) is 3.37. The Kier molecular flexibility index (Phi) is 5.39. The Balaban J connectivity index is 1.42. The van der Waals surface area contributed by atoms with Crippen molar-refractivity contribution in [1.29, 1.82) is 0 Å². The minimum absolute atomic E-state index is 0.0311. The first-order chi connectivity index (χ1) is 15.3. The number of anilines is 2. The molecule has 1 aromatic carbocycles. The van der Waals surface area contributed by atoms with E-state index in [1.165, 1.54) is 0 Å². The van der Waals surface area contributed by atoms with Gasteiger partial charge in [0.1, 0.15) is 11.2 Å². The fraction of sp³-hybridized carbons (Fsp3) is 0.409. The van der Waals surface area contributed by atoms with E-state index in [1.54, 1.807) is 18.5 Å². The Hall–Kier alpha value is -2.55. The van der Waals surface area contributed by atoms with Gasteiger partial charge in [-0.3, -0.25) is 9.78 Å². The minimum Gasteiger partial charge on any atom is -0.421 e. The van der Waals surface area contributed by atoms with E-state index in [0.29, 0.717) is 53.6 Å². The normalized spacial score (nSPS) is 23.4. The Morgan fingerprint density at radius 2 is 2.06 bits per heavy atom. The standard InChI is InChI=1S/C22H24Cl2N6O2/c1-11-19-12(6-13(23)7-15(19)24)2-5-30(11)21(31)14-10-29(4-3-16(14)25)18-9-27-8-17-20(18)32-22(26)28-17/h6-9,11,14,16H,2-5,10,25H2,1H3,(H2,26,28)/t11-,14?,16?/m0/s1. The van der Waals surface area contributed by atoms with Gasteiger partial charge in [0.15, 0.2) is 5.58 Å². The monoisotopic (exact) mass is 474 g/mol. The lowest BCUT2D eigenvalue weighted by Crippen LogP contribution is -2.55. The van der Waals surface area contributed by atoms with Gasteiger partial charge in [0.25, 0.3) is 6.01 Å². The number of piperidine rings is 1. The number of nitrogens with zero attached hydrogens (tertiary/aromatic N) is 4. The first-order valence-electron chi connectivity index (χ1n) is 10.6. The molecule has 1 amide bonds. The maximum Gasteiger partial charge on any atom is 0.293 e. The maximum absolute atomic E-state index is 13.7. The third kappa shape index (κ3) is 3.56. The molecule has 4 heterocycles. The van der Waals surface area contributed by atoms with Gasteiger partial charge in [-0.05, 0) is 43.0 Å². The summed E-state index contributed by atoms with van der Waals surface area (Å²) >= 11 is 12.7. The number of hydrogen-bond donors (Lipinski definition) is 2. The summed E-state index contributed by atoms with van der Waals surface area (Å²) in [6.07, 6.45) is 4.71. The molecule has 0 spiro atoms. The van der Waals surface area contributed by atoms with E-state index in [1.807, 2.05) is 17.9 Å². The zero-order valence-corrected chi connectivity index (χ0v) is 19.1. The number of hydrogen-bond acceptors (Lipinski definition) is 7. The van der Waals surface area contributed by atoms with Gasteiger partial charge in [0.05, 0.1) is 24.4 Å². The van der Waals surface area contributed by atoms with Crippen molar-refractivity contribution in [2.24, 2.45) is 11.7 Å². The molecule has 1 saturated heterocycles. The van der Waals surface area contributed by atoms with E-state index in [-0.39, 0.29) is 29.9 Å². The molecule has 2 aliphatic heterocycles. The number of nitrogens with two attached hydrogens (primary N) is 2. The Morgan fingerprint density at radius 3 is 2.88 bits per heavy atom. The van der Waals surface area contributed by atoms with Gasteiger partial charge in [-0.25, -0.2) is 0 Å². The first kappa shape index (κ1) is 21.3. The third-order valence-electron chi connectivity index (χ3n) is 6.59. The van der Waals surface area contributed by atoms with E-state index in [0.717, 1.165) is 16.8 Å². The van der Waals surface area contributed by atoms with Crippen LogP contribution in [0.4, 0.5) is 11.7 Å². The predicted molar refractivity (Wildman–Crippen MR) is 125 cm³/mol. The summed E-state index contributed by atoms with van der Waals surface area (Å²) in [5, 5.41) is 1.20. The molecule has 0 radical (unpaired) electrons. The van der Waals surface area contributed by atoms with Crippen molar-refractivity contribution >= 4 is 51.9 Å². The fourth-order valence-corrected chi connectivity index (χ4v) is 5.64. The van der Waals surface area contributed by atoms with Gasteiger partial charge in [-0.15, -0.1) is 0 Å². The van der Waals surface area contributed by atoms with Crippen molar-refractivity contribution in [2.45, 2.75) is 31.8 Å². The quantitative estimate of drug-likeness (QED) is 0.584. The molecular weight excluding hydrogens is 451 g/mol. The summed E-state index contributed by atoms with van der Waals surface area (Å²) in [5.41, 5.74) is 16.2. The van der Waals surface area contributed by atoms with Crippen LogP contribution in [-0.2, 0) is 11.2 Å². The number of carbonyl (C=O) groups is 1. The van der Waals surface area contributed by atoms with Crippen molar-refractivity contribution in [3.63, 3.8) is 0 Å². The highest BCUT2D eigenvalue weighted by molar-refractivity contribution is 6.35. The van der Waals surface area contributed by atoms with Crippen LogP contribution in [0.5, 0.6) is 0 Å². The van der Waals surface area contributed by atoms with Crippen LogP contribution < -0.4 is 16.4 Å². The zero-order chi connectivity index (χ0) is 22.6. The molecule has 168 valence electrons. The Bertz CT molecular complexity index is 1200. The van der Waals surface area contributed by atoms with Crippen LogP contribution in [0.15, 0.2) is 28.9 Å². The molecule has 1 fully saturated rings. The van der Waals surface area contributed by atoms with E-state index in [2.05, 4.69) is 14.9 Å². The summed E-state index contributed by atoms with van der Waals surface area (Å²) in [5.74, 6) is -0.335. The van der Waals surface area contributed by atoms with Crippen LogP contribution in [0, 0.1) is 5.92 Å². The molecular formula is C22H24Cl2N6O2. The number of benzene rings is 1. The van der Waals surface area contributed by atoms with E-state index >= 15 is 0 Å². The number of nitrogen functional groups attached to an aromatic ring is 1. The summed E-state index contributed by atoms with van der Waals surface area (Å²) in [4.78, 5) is 26.1. The highest BCUT2D eigenvalue weighted by Crippen LogP contribution is 2.38. The number of pyridine rings is 1. The molecule has 0 saturated carbocycles. The van der Waals surface area contributed by atoms with Gasteiger partial charge < -0.3 is 25.7 Å². The molecule has 0 aliphatic carbocycles. The van der Waals surface area contributed by atoms with Crippen LogP contribution in [0.1, 0.15) is 30.5 Å². The van der Waals surface area contributed by atoms with Crippen LogP contribution in [0.25, 0.3) is 11.1 Å². The first-order valence-corrected chi connectivity index (χ1v) is 11.4.